The molecule has 1 aromatic rings. The third-order valence-electron chi connectivity index (χ3n) is 1.47. The van der Waals surface area contributed by atoms with Gasteiger partial charge in [0.05, 0.1) is 0 Å². The minimum absolute atomic E-state index is 0.572. The van der Waals surface area contributed by atoms with Crippen molar-refractivity contribution in [1.29, 1.82) is 0 Å². The molecule has 0 aromatic heterocycles. The van der Waals surface area contributed by atoms with Gasteiger partial charge >= 0.3 is 7.12 Å². The average molecular weight is 181 g/mol. The van der Waals surface area contributed by atoms with E-state index in [1.54, 1.807) is 12.1 Å². The zero-order chi connectivity index (χ0) is 10.3. The second-order valence-electron chi connectivity index (χ2n) is 2.73. The SMILES string of the molecule is CNC.Cc1ccccc1B(O)O. The van der Waals surface area contributed by atoms with E-state index in [4.69, 9.17) is 10.0 Å². The molecule has 0 aliphatic carbocycles. The van der Waals surface area contributed by atoms with Gasteiger partial charge in [0, 0.05) is 0 Å². The summed E-state index contributed by atoms with van der Waals surface area (Å²) >= 11 is 0. The largest absolute Gasteiger partial charge is 0.488 e. The van der Waals surface area contributed by atoms with Gasteiger partial charge in [0.2, 0.25) is 0 Å². The van der Waals surface area contributed by atoms with Gasteiger partial charge in [-0.25, -0.2) is 0 Å². The van der Waals surface area contributed by atoms with Crippen molar-refractivity contribution in [3.63, 3.8) is 0 Å². The smallest absolute Gasteiger partial charge is 0.423 e. The molecular formula is C9H16BNO2. The highest BCUT2D eigenvalue weighted by molar-refractivity contribution is 6.59. The summed E-state index contributed by atoms with van der Waals surface area (Å²) in [5.74, 6) is 0. The molecule has 3 N–H and O–H groups in total. The van der Waals surface area contributed by atoms with Crippen LogP contribution >= 0.6 is 0 Å². The third-order valence-corrected chi connectivity index (χ3v) is 1.47. The maximum Gasteiger partial charge on any atom is 0.488 e. The summed E-state index contributed by atoms with van der Waals surface area (Å²) < 4.78 is 0. The van der Waals surface area contributed by atoms with Crippen LogP contribution in [0.5, 0.6) is 0 Å². The predicted octanol–water partition coefficient (Wildman–Crippen LogP) is -0.490. The summed E-state index contributed by atoms with van der Waals surface area (Å²) in [4.78, 5) is 0. The molecule has 0 fully saturated rings. The number of hydrogen-bond donors (Lipinski definition) is 3. The molecule has 0 saturated heterocycles. The summed E-state index contributed by atoms with van der Waals surface area (Å²) in [5.41, 5.74) is 1.47. The van der Waals surface area contributed by atoms with Crippen LogP contribution in [0.4, 0.5) is 0 Å². The van der Waals surface area contributed by atoms with Crippen LogP contribution in [0.2, 0.25) is 0 Å². The molecule has 72 valence electrons. The first-order valence-electron chi connectivity index (χ1n) is 4.13. The molecule has 0 aliphatic heterocycles. The van der Waals surface area contributed by atoms with E-state index < -0.39 is 7.12 Å². The molecular weight excluding hydrogens is 165 g/mol. The molecule has 0 bridgehead atoms. The lowest BCUT2D eigenvalue weighted by atomic mass is 9.77. The molecule has 0 unspecified atom stereocenters. The fourth-order valence-corrected chi connectivity index (χ4v) is 0.876. The van der Waals surface area contributed by atoms with Crippen LogP contribution in [-0.2, 0) is 0 Å². The van der Waals surface area contributed by atoms with E-state index >= 15 is 0 Å². The standard InChI is InChI=1S/C7H9BO2.C2H7N/c1-6-4-2-3-5-7(6)8(9)10;1-3-2/h2-5,9-10H,1H3;3H,1-2H3. The molecule has 13 heavy (non-hydrogen) atoms. The van der Waals surface area contributed by atoms with E-state index in [0.29, 0.717) is 5.46 Å². The number of aryl methyl sites for hydroxylation is 1. The van der Waals surface area contributed by atoms with E-state index in [0.717, 1.165) is 5.56 Å². The summed E-state index contributed by atoms with van der Waals surface area (Å²) in [7, 11) is 2.40. The van der Waals surface area contributed by atoms with Crippen LogP contribution in [0.3, 0.4) is 0 Å². The quantitative estimate of drug-likeness (QED) is 0.512. The van der Waals surface area contributed by atoms with E-state index in [2.05, 4.69) is 5.32 Å². The molecule has 0 radical (unpaired) electrons. The highest BCUT2D eigenvalue weighted by Gasteiger charge is 2.11. The molecule has 1 rings (SSSR count). The second-order valence-corrected chi connectivity index (χ2v) is 2.73. The van der Waals surface area contributed by atoms with Gasteiger partial charge in [-0.2, -0.15) is 0 Å². The fraction of sp³-hybridized carbons (Fsp3) is 0.333. The number of benzene rings is 1. The molecule has 3 nitrogen and oxygen atoms in total. The number of rotatable bonds is 1. The number of nitrogens with one attached hydrogen (secondary N) is 1. The molecule has 4 heteroatoms. The van der Waals surface area contributed by atoms with Crippen molar-refractivity contribution < 1.29 is 10.0 Å². The summed E-state index contributed by atoms with van der Waals surface area (Å²) in [6, 6.07) is 7.18. The van der Waals surface area contributed by atoms with Crippen molar-refractivity contribution in [2.75, 3.05) is 14.1 Å². The Morgan fingerprint density at radius 3 is 1.92 bits per heavy atom. The minimum Gasteiger partial charge on any atom is -0.423 e. The van der Waals surface area contributed by atoms with E-state index in [9.17, 15) is 0 Å². The Morgan fingerprint density at radius 2 is 1.62 bits per heavy atom. The monoisotopic (exact) mass is 181 g/mol. The fourth-order valence-electron chi connectivity index (χ4n) is 0.876. The van der Waals surface area contributed by atoms with Crippen molar-refractivity contribution in [3.8, 4) is 0 Å². The van der Waals surface area contributed by atoms with Crippen molar-refractivity contribution in [1.82, 2.24) is 5.32 Å². The maximum atomic E-state index is 8.76. The predicted molar refractivity (Wildman–Crippen MR) is 56.0 cm³/mol. The Balaban J connectivity index is 0.000000424. The van der Waals surface area contributed by atoms with Crippen molar-refractivity contribution in [2.24, 2.45) is 0 Å². The van der Waals surface area contributed by atoms with Gasteiger partial charge in [-0.1, -0.05) is 29.8 Å². The first kappa shape index (κ1) is 12.2. The summed E-state index contributed by atoms with van der Waals surface area (Å²) in [5, 5.41) is 20.3. The van der Waals surface area contributed by atoms with E-state index in [-0.39, 0.29) is 0 Å². The molecule has 0 spiro atoms. The van der Waals surface area contributed by atoms with E-state index in [1.807, 2.05) is 33.2 Å². The Hall–Kier alpha value is -0.835. The maximum absolute atomic E-state index is 8.76. The Bertz CT molecular complexity index is 241. The molecule has 0 heterocycles. The lowest BCUT2D eigenvalue weighted by Gasteiger charge is -2.01. The summed E-state index contributed by atoms with van der Waals surface area (Å²) in [6.07, 6.45) is 0. The lowest BCUT2D eigenvalue weighted by molar-refractivity contribution is 0.425. The van der Waals surface area contributed by atoms with Crippen LogP contribution in [0, 0.1) is 6.92 Å². The highest BCUT2D eigenvalue weighted by Crippen LogP contribution is 1.92. The lowest BCUT2D eigenvalue weighted by Crippen LogP contribution is -2.31. The van der Waals surface area contributed by atoms with Crippen LogP contribution in [-0.4, -0.2) is 31.3 Å². The van der Waals surface area contributed by atoms with Crippen LogP contribution in [0.1, 0.15) is 5.56 Å². The molecule has 1 aromatic carbocycles. The Labute approximate surface area is 79.6 Å². The van der Waals surface area contributed by atoms with Crippen LogP contribution in [0.15, 0.2) is 24.3 Å². The molecule has 0 saturated carbocycles. The topological polar surface area (TPSA) is 52.5 Å². The normalized spacial score (nSPS) is 8.69. The zero-order valence-corrected chi connectivity index (χ0v) is 8.28. The highest BCUT2D eigenvalue weighted by atomic mass is 16.4. The van der Waals surface area contributed by atoms with Crippen molar-refractivity contribution in [3.05, 3.63) is 29.8 Å². The third kappa shape index (κ3) is 4.67. The van der Waals surface area contributed by atoms with Crippen LogP contribution in [0.25, 0.3) is 0 Å². The molecule has 0 aliphatic rings. The van der Waals surface area contributed by atoms with Gasteiger partial charge in [0.25, 0.3) is 0 Å². The van der Waals surface area contributed by atoms with Crippen molar-refractivity contribution >= 4 is 12.6 Å². The van der Waals surface area contributed by atoms with Gasteiger partial charge < -0.3 is 15.4 Å². The van der Waals surface area contributed by atoms with Gasteiger partial charge in [0.1, 0.15) is 0 Å². The van der Waals surface area contributed by atoms with E-state index in [1.165, 1.54) is 0 Å². The first-order chi connectivity index (χ1) is 6.13. The van der Waals surface area contributed by atoms with Gasteiger partial charge in [-0.15, -0.1) is 0 Å². The van der Waals surface area contributed by atoms with Crippen molar-refractivity contribution in [2.45, 2.75) is 6.92 Å². The zero-order valence-electron chi connectivity index (χ0n) is 8.28. The first-order valence-corrected chi connectivity index (χ1v) is 4.13. The van der Waals surface area contributed by atoms with Gasteiger partial charge in [-0.05, 0) is 26.5 Å². The average Bonchev–Trinajstić information content (AvgIpc) is 2.06. The Kier molecular flexibility index (Phi) is 6.23. The van der Waals surface area contributed by atoms with Gasteiger partial charge in [0.15, 0.2) is 0 Å². The van der Waals surface area contributed by atoms with Gasteiger partial charge in [-0.3, -0.25) is 0 Å². The van der Waals surface area contributed by atoms with Crippen LogP contribution < -0.4 is 10.8 Å². The number of hydrogen-bond acceptors (Lipinski definition) is 3. The summed E-state index contributed by atoms with van der Waals surface area (Å²) in [6.45, 7) is 1.84. The Morgan fingerprint density at radius 1 is 1.15 bits per heavy atom. The minimum atomic E-state index is -1.35. The molecule has 0 atom stereocenters. The molecule has 0 amide bonds. The second kappa shape index (κ2) is 6.66.